The zero-order valence-electron chi connectivity index (χ0n) is 11.0. The summed E-state index contributed by atoms with van der Waals surface area (Å²) >= 11 is 0. The maximum absolute atomic E-state index is 4.65. The van der Waals surface area contributed by atoms with Crippen LogP contribution in [0.2, 0.25) is 0 Å². The van der Waals surface area contributed by atoms with Crippen molar-refractivity contribution in [2.45, 2.75) is 6.42 Å². The quantitative estimate of drug-likeness (QED) is 0.845. The van der Waals surface area contributed by atoms with Crippen molar-refractivity contribution in [3.63, 3.8) is 0 Å². The molecule has 0 amide bonds. The number of hydrogen-bond donors (Lipinski definition) is 1. The Morgan fingerprint density at radius 2 is 2.00 bits per heavy atom. The highest BCUT2D eigenvalue weighted by atomic mass is 15.2. The van der Waals surface area contributed by atoms with Gasteiger partial charge >= 0.3 is 0 Å². The molecule has 2 aromatic rings. The SMILES string of the molecule is c1ccc2c(N3C[C@H]4CNCC[C@H]4C3)nccc2c1. The van der Waals surface area contributed by atoms with E-state index in [0.29, 0.717) is 0 Å². The van der Waals surface area contributed by atoms with Gasteiger partial charge in [-0.2, -0.15) is 0 Å². The van der Waals surface area contributed by atoms with Crippen molar-refractivity contribution in [3.8, 4) is 0 Å². The zero-order chi connectivity index (χ0) is 12.7. The molecule has 2 aliphatic rings. The van der Waals surface area contributed by atoms with Crippen LogP contribution in [0.25, 0.3) is 10.8 Å². The van der Waals surface area contributed by atoms with Crippen LogP contribution >= 0.6 is 0 Å². The predicted molar refractivity (Wildman–Crippen MR) is 78.4 cm³/mol. The molecule has 0 unspecified atom stereocenters. The molecule has 1 N–H and O–H groups in total. The first-order valence-electron chi connectivity index (χ1n) is 7.21. The van der Waals surface area contributed by atoms with Crippen LogP contribution in [0.5, 0.6) is 0 Å². The van der Waals surface area contributed by atoms with Crippen LogP contribution in [-0.2, 0) is 0 Å². The second-order valence-electron chi connectivity index (χ2n) is 5.77. The number of pyridine rings is 1. The Morgan fingerprint density at radius 1 is 1.11 bits per heavy atom. The van der Waals surface area contributed by atoms with Gasteiger partial charge in [0.15, 0.2) is 0 Å². The van der Waals surface area contributed by atoms with E-state index in [1.165, 1.54) is 42.6 Å². The van der Waals surface area contributed by atoms with E-state index in [1.54, 1.807) is 0 Å². The Bertz CT molecular complexity index is 576. The number of benzene rings is 1. The lowest BCUT2D eigenvalue weighted by Crippen LogP contribution is -2.35. The number of aromatic nitrogens is 1. The van der Waals surface area contributed by atoms with Gasteiger partial charge in [0.05, 0.1) is 0 Å². The molecular formula is C16H19N3. The Morgan fingerprint density at radius 3 is 2.95 bits per heavy atom. The summed E-state index contributed by atoms with van der Waals surface area (Å²) in [6, 6.07) is 10.7. The van der Waals surface area contributed by atoms with E-state index < -0.39 is 0 Å². The molecule has 3 heteroatoms. The van der Waals surface area contributed by atoms with Crippen LogP contribution in [0.3, 0.4) is 0 Å². The van der Waals surface area contributed by atoms with E-state index in [4.69, 9.17) is 0 Å². The molecule has 4 rings (SSSR count). The van der Waals surface area contributed by atoms with Gasteiger partial charge in [-0.3, -0.25) is 0 Å². The van der Waals surface area contributed by atoms with Crippen LogP contribution in [0.1, 0.15) is 6.42 Å². The molecule has 3 nitrogen and oxygen atoms in total. The minimum Gasteiger partial charge on any atom is -0.355 e. The van der Waals surface area contributed by atoms with E-state index in [1.807, 2.05) is 6.20 Å². The van der Waals surface area contributed by atoms with Crippen LogP contribution in [0, 0.1) is 11.8 Å². The maximum atomic E-state index is 4.65. The number of anilines is 1. The van der Waals surface area contributed by atoms with Gasteiger partial charge in [-0.1, -0.05) is 24.3 Å². The van der Waals surface area contributed by atoms with Crippen molar-refractivity contribution in [2.24, 2.45) is 11.8 Å². The molecule has 0 bridgehead atoms. The molecule has 0 radical (unpaired) electrons. The van der Waals surface area contributed by atoms with Gasteiger partial charge in [0.25, 0.3) is 0 Å². The van der Waals surface area contributed by atoms with E-state index in [-0.39, 0.29) is 0 Å². The first-order chi connectivity index (χ1) is 9.42. The van der Waals surface area contributed by atoms with Gasteiger partial charge in [-0.25, -0.2) is 4.98 Å². The van der Waals surface area contributed by atoms with Crippen LogP contribution in [-0.4, -0.2) is 31.2 Å². The average molecular weight is 253 g/mol. The van der Waals surface area contributed by atoms with Gasteiger partial charge in [-0.05, 0) is 42.8 Å². The molecule has 1 aromatic heterocycles. The number of fused-ring (bicyclic) bond motifs is 2. The van der Waals surface area contributed by atoms with Crippen molar-refractivity contribution in [2.75, 3.05) is 31.1 Å². The minimum atomic E-state index is 0.800. The Balaban J connectivity index is 1.71. The molecule has 0 spiro atoms. The maximum Gasteiger partial charge on any atom is 0.136 e. The number of piperidine rings is 1. The normalized spacial score (nSPS) is 26.6. The average Bonchev–Trinajstić information content (AvgIpc) is 2.90. The topological polar surface area (TPSA) is 28.2 Å². The molecular weight excluding hydrogens is 234 g/mol. The minimum absolute atomic E-state index is 0.800. The molecule has 2 aliphatic heterocycles. The fraction of sp³-hybridized carbons (Fsp3) is 0.438. The molecule has 0 saturated carbocycles. The van der Waals surface area contributed by atoms with E-state index in [0.717, 1.165) is 18.4 Å². The molecule has 19 heavy (non-hydrogen) atoms. The summed E-state index contributed by atoms with van der Waals surface area (Å²) in [7, 11) is 0. The van der Waals surface area contributed by atoms with Crippen molar-refractivity contribution in [3.05, 3.63) is 36.5 Å². The predicted octanol–water partition coefficient (Wildman–Crippen LogP) is 2.28. The van der Waals surface area contributed by atoms with Crippen molar-refractivity contribution >= 4 is 16.6 Å². The summed E-state index contributed by atoms with van der Waals surface area (Å²) in [5.74, 6) is 2.82. The van der Waals surface area contributed by atoms with Gasteiger partial charge in [-0.15, -0.1) is 0 Å². The van der Waals surface area contributed by atoms with E-state index in [9.17, 15) is 0 Å². The molecule has 0 aliphatic carbocycles. The number of hydrogen-bond acceptors (Lipinski definition) is 3. The second kappa shape index (κ2) is 4.49. The highest BCUT2D eigenvalue weighted by molar-refractivity contribution is 5.92. The third kappa shape index (κ3) is 1.89. The standard InChI is InChI=1S/C16H19N3/c1-2-4-15-12(3-1)6-8-18-16(15)19-10-13-5-7-17-9-14(13)11-19/h1-4,6,8,13-14,17H,5,7,9-11H2/t13-,14+/m0/s1. The summed E-state index contributed by atoms with van der Waals surface area (Å²) in [6.07, 6.45) is 3.25. The molecule has 2 fully saturated rings. The number of nitrogens with zero attached hydrogens (tertiary/aromatic N) is 2. The smallest absolute Gasteiger partial charge is 0.136 e. The Labute approximate surface area is 113 Å². The fourth-order valence-electron chi connectivity index (χ4n) is 3.60. The fourth-order valence-corrected chi connectivity index (χ4v) is 3.60. The van der Waals surface area contributed by atoms with E-state index in [2.05, 4.69) is 45.5 Å². The highest BCUT2D eigenvalue weighted by Gasteiger charge is 2.35. The molecule has 3 heterocycles. The second-order valence-corrected chi connectivity index (χ2v) is 5.77. The van der Waals surface area contributed by atoms with Crippen molar-refractivity contribution in [1.29, 1.82) is 0 Å². The number of rotatable bonds is 1. The summed E-state index contributed by atoms with van der Waals surface area (Å²) < 4.78 is 0. The molecule has 2 atom stereocenters. The van der Waals surface area contributed by atoms with Gasteiger partial charge in [0, 0.05) is 24.7 Å². The van der Waals surface area contributed by atoms with Crippen LogP contribution < -0.4 is 10.2 Å². The van der Waals surface area contributed by atoms with Crippen molar-refractivity contribution in [1.82, 2.24) is 10.3 Å². The van der Waals surface area contributed by atoms with Gasteiger partial charge in [0.1, 0.15) is 5.82 Å². The molecule has 98 valence electrons. The third-order valence-corrected chi connectivity index (χ3v) is 4.63. The van der Waals surface area contributed by atoms with Gasteiger partial charge in [0.2, 0.25) is 0 Å². The largest absolute Gasteiger partial charge is 0.355 e. The summed E-state index contributed by atoms with van der Waals surface area (Å²) in [5, 5.41) is 6.10. The zero-order valence-corrected chi connectivity index (χ0v) is 11.0. The Hall–Kier alpha value is -1.61. The summed E-state index contributed by atoms with van der Waals surface area (Å²) in [5.41, 5.74) is 0. The van der Waals surface area contributed by atoms with Crippen LogP contribution in [0.4, 0.5) is 5.82 Å². The van der Waals surface area contributed by atoms with Gasteiger partial charge < -0.3 is 10.2 Å². The highest BCUT2D eigenvalue weighted by Crippen LogP contribution is 2.33. The van der Waals surface area contributed by atoms with E-state index >= 15 is 0 Å². The third-order valence-electron chi connectivity index (χ3n) is 4.63. The summed E-state index contributed by atoms with van der Waals surface area (Å²) in [4.78, 5) is 7.14. The first-order valence-corrected chi connectivity index (χ1v) is 7.21. The van der Waals surface area contributed by atoms with Crippen molar-refractivity contribution < 1.29 is 0 Å². The monoisotopic (exact) mass is 253 g/mol. The summed E-state index contributed by atoms with van der Waals surface area (Å²) in [6.45, 7) is 4.68. The Kier molecular flexibility index (Phi) is 2.66. The molecule has 1 aromatic carbocycles. The molecule has 2 saturated heterocycles. The lowest BCUT2D eigenvalue weighted by molar-refractivity contribution is 0.318. The number of nitrogens with one attached hydrogen (secondary N) is 1. The van der Waals surface area contributed by atoms with Crippen LogP contribution in [0.15, 0.2) is 36.5 Å². The first kappa shape index (κ1) is 11.2. The lowest BCUT2D eigenvalue weighted by Gasteiger charge is -2.23. The lowest BCUT2D eigenvalue weighted by atomic mass is 9.90.